The smallest absolute Gasteiger partial charge is 0.279 e. The topological polar surface area (TPSA) is 78.5 Å². The van der Waals surface area contributed by atoms with E-state index in [9.17, 15) is 13.2 Å². The Morgan fingerprint density at radius 2 is 2.22 bits per heavy atom. The molecule has 2 fully saturated rings. The van der Waals surface area contributed by atoms with E-state index < -0.39 is 10.2 Å². The van der Waals surface area contributed by atoms with Crippen molar-refractivity contribution >= 4 is 16.1 Å². The fourth-order valence-electron chi connectivity index (χ4n) is 2.62. The molecule has 2 N–H and O–H groups in total. The van der Waals surface area contributed by atoms with Crippen LogP contribution in [0.2, 0.25) is 0 Å². The van der Waals surface area contributed by atoms with Crippen molar-refractivity contribution < 1.29 is 13.2 Å². The first-order valence-corrected chi connectivity index (χ1v) is 8.01. The van der Waals surface area contributed by atoms with Gasteiger partial charge in [0.05, 0.1) is 0 Å². The summed E-state index contributed by atoms with van der Waals surface area (Å²) in [5, 5.41) is 2.95. The molecule has 0 saturated carbocycles. The molecule has 1 amide bonds. The van der Waals surface area contributed by atoms with Crippen LogP contribution in [0.4, 0.5) is 0 Å². The molecule has 2 atom stereocenters. The zero-order valence-electron chi connectivity index (χ0n) is 10.7. The third-order valence-corrected chi connectivity index (χ3v) is 5.24. The van der Waals surface area contributed by atoms with Crippen molar-refractivity contribution in [3.05, 3.63) is 0 Å². The summed E-state index contributed by atoms with van der Waals surface area (Å²) in [4.78, 5) is 11.3. The average molecular weight is 275 g/mol. The number of nitrogens with one attached hydrogen (secondary N) is 2. The van der Waals surface area contributed by atoms with Crippen LogP contribution < -0.4 is 10.0 Å². The van der Waals surface area contributed by atoms with Gasteiger partial charge in [-0.15, -0.1) is 0 Å². The molecule has 0 aromatic rings. The highest BCUT2D eigenvalue weighted by Crippen LogP contribution is 2.26. The third-order valence-electron chi connectivity index (χ3n) is 3.66. The molecule has 6 nitrogen and oxygen atoms in total. The molecule has 2 aliphatic heterocycles. The van der Waals surface area contributed by atoms with Crippen LogP contribution in [0.5, 0.6) is 0 Å². The van der Waals surface area contributed by atoms with Crippen LogP contribution in [0.25, 0.3) is 0 Å². The number of rotatable bonds is 4. The maximum atomic E-state index is 12.0. The fraction of sp³-hybridized carbons (Fsp3) is 0.909. The molecule has 7 heteroatoms. The summed E-state index contributed by atoms with van der Waals surface area (Å²) >= 11 is 0. The van der Waals surface area contributed by atoms with E-state index in [0.29, 0.717) is 32.5 Å². The minimum absolute atomic E-state index is 0.0941. The molecule has 2 saturated heterocycles. The van der Waals surface area contributed by atoms with Gasteiger partial charge >= 0.3 is 0 Å². The Labute approximate surface area is 108 Å². The van der Waals surface area contributed by atoms with E-state index in [0.717, 1.165) is 12.8 Å². The summed E-state index contributed by atoms with van der Waals surface area (Å²) < 4.78 is 28.1. The van der Waals surface area contributed by atoms with Gasteiger partial charge in [0.15, 0.2) is 0 Å². The standard InChI is InChI=1S/C11H21N3O3S/c1-2-6-12-18(16,17)14-7-5-10-9(8-14)3-4-11(15)13-10/h9-10,12H,2-8H2,1H3,(H,13,15). The lowest BCUT2D eigenvalue weighted by atomic mass is 9.86. The number of amides is 1. The molecule has 18 heavy (non-hydrogen) atoms. The first-order valence-electron chi connectivity index (χ1n) is 6.57. The van der Waals surface area contributed by atoms with Gasteiger partial charge < -0.3 is 5.32 Å². The number of hydrogen-bond acceptors (Lipinski definition) is 3. The molecule has 0 spiro atoms. The summed E-state index contributed by atoms with van der Waals surface area (Å²) in [5.41, 5.74) is 0. The quantitative estimate of drug-likeness (QED) is 0.748. The predicted octanol–water partition coefficient (Wildman–Crippen LogP) is -0.169. The Morgan fingerprint density at radius 1 is 1.44 bits per heavy atom. The van der Waals surface area contributed by atoms with E-state index in [2.05, 4.69) is 10.0 Å². The second kappa shape index (κ2) is 5.54. The van der Waals surface area contributed by atoms with E-state index >= 15 is 0 Å². The number of nitrogens with zero attached hydrogens (tertiary/aromatic N) is 1. The van der Waals surface area contributed by atoms with Crippen LogP contribution in [-0.2, 0) is 15.0 Å². The van der Waals surface area contributed by atoms with Gasteiger partial charge in [0, 0.05) is 32.1 Å². The summed E-state index contributed by atoms with van der Waals surface area (Å²) in [6.07, 6.45) is 2.80. The lowest BCUT2D eigenvalue weighted by molar-refractivity contribution is -0.124. The Morgan fingerprint density at radius 3 is 2.94 bits per heavy atom. The molecule has 0 bridgehead atoms. The van der Waals surface area contributed by atoms with Gasteiger partial charge in [-0.05, 0) is 25.2 Å². The first-order chi connectivity index (χ1) is 8.53. The number of fused-ring (bicyclic) bond motifs is 1. The van der Waals surface area contributed by atoms with Gasteiger partial charge in [-0.2, -0.15) is 12.7 Å². The molecular formula is C11H21N3O3S. The highest BCUT2D eigenvalue weighted by molar-refractivity contribution is 7.87. The predicted molar refractivity (Wildman–Crippen MR) is 68.1 cm³/mol. The van der Waals surface area contributed by atoms with Crippen molar-refractivity contribution in [2.75, 3.05) is 19.6 Å². The molecule has 0 aromatic carbocycles. The zero-order valence-corrected chi connectivity index (χ0v) is 11.5. The Balaban J connectivity index is 1.96. The molecule has 0 radical (unpaired) electrons. The number of piperidine rings is 2. The molecule has 0 aromatic heterocycles. The second-order valence-electron chi connectivity index (χ2n) is 5.02. The molecule has 2 rings (SSSR count). The lowest BCUT2D eigenvalue weighted by Crippen LogP contribution is -2.56. The SMILES string of the molecule is CCCNS(=O)(=O)N1CCC2NC(=O)CCC2C1. The first kappa shape index (κ1) is 13.8. The molecule has 2 heterocycles. The fourth-order valence-corrected chi connectivity index (χ4v) is 4.00. The van der Waals surface area contributed by atoms with E-state index in [4.69, 9.17) is 0 Å². The van der Waals surface area contributed by atoms with Crippen molar-refractivity contribution in [2.24, 2.45) is 5.92 Å². The summed E-state index contributed by atoms with van der Waals surface area (Å²) in [6.45, 7) is 3.42. The van der Waals surface area contributed by atoms with E-state index in [1.807, 2.05) is 6.92 Å². The van der Waals surface area contributed by atoms with Crippen molar-refractivity contribution in [2.45, 2.75) is 38.6 Å². The maximum absolute atomic E-state index is 12.0. The number of hydrogen-bond donors (Lipinski definition) is 2. The Bertz CT molecular complexity index is 410. The Kier molecular flexibility index (Phi) is 4.24. The number of carbonyl (C=O) groups excluding carboxylic acids is 1. The molecular weight excluding hydrogens is 254 g/mol. The normalized spacial score (nSPS) is 29.7. The van der Waals surface area contributed by atoms with Gasteiger partial charge in [-0.25, -0.2) is 4.72 Å². The van der Waals surface area contributed by atoms with Crippen LogP contribution in [0, 0.1) is 5.92 Å². The molecule has 2 unspecified atom stereocenters. The summed E-state index contributed by atoms with van der Waals surface area (Å²) in [7, 11) is -3.34. The molecule has 2 aliphatic rings. The van der Waals surface area contributed by atoms with Gasteiger partial charge in [0.25, 0.3) is 10.2 Å². The van der Waals surface area contributed by atoms with Crippen LogP contribution in [0.15, 0.2) is 0 Å². The molecule has 0 aliphatic carbocycles. The largest absolute Gasteiger partial charge is 0.353 e. The average Bonchev–Trinajstić information content (AvgIpc) is 2.35. The monoisotopic (exact) mass is 275 g/mol. The van der Waals surface area contributed by atoms with Crippen molar-refractivity contribution in [1.82, 2.24) is 14.3 Å². The zero-order chi connectivity index (χ0) is 13.2. The highest BCUT2D eigenvalue weighted by Gasteiger charge is 2.37. The van der Waals surface area contributed by atoms with Crippen LogP contribution in [-0.4, -0.2) is 44.3 Å². The minimum Gasteiger partial charge on any atom is -0.353 e. The highest BCUT2D eigenvalue weighted by atomic mass is 32.2. The number of carbonyl (C=O) groups is 1. The summed E-state index contributed by atoms with van der Waals surface area (Å²) in [6, 6.07) is 0.156. The van der Waals surface area contributed by atoms with E-state index in [-0.39, 0.29) is 17.9 Å². The van der Waals surface area contributed by atoms with Gasteiger partial charge in [0.1, 0.15) is 0 Å². The molecule has 104 valence electrons. The summed E-state index contributed by atoms with van der Waals surface area (Å²) in [5.74, 6) is 0.353. The minimum atomic E-state index is -3.34. The maximum Gasteiger partial charge on any atom is 0.279 e. The van der Waals surface area contributed by atoms with E-state index in [1.165, 1.54) is 4.31 Å². The van der Waals surface area contributed by atoms with E-state index in [1.54, 1.807) is 0 Å². The Hall–Kier alpha value is -0.660. The second-order valence-corrected chi connectivity index (χ2v) is 6.77. The van der Waals surface area contributed by atoms with Crippen molar-refractivity contribution in [3.8, 4) is 0 Å². The van der Waals surface area contributed by atoms with Crippen LogP contribution >= 0.6 is 0 Å². The van der Waals surface area contributed by atoms with Crippen molar-refractivity contribution in [1.29, 1.82) is 0 Å². The van der Waals surface area contributed by atoms with Crippen molar-refractivity contribution in [3.63, 3.8) is 0 Å². The van der Waals surface area contributed by atoms with Gasteiger partial charge in [-0.1, -0.05) is 6.92 Å². The van der Waals surface area contributed by atoms with Crippen LogP contribution in [0.1, 0.15) is 32.6 Å². The lowest BCUT2D eigenvalue weighted by Gasteiger charge is -2.40. The van der Waals surface area contributed by atoms with Crippen LogP contribution in [0.3, 0.4) is 0 Å². The third kappa shape index (κ3) is 3.02. The van der Waals surface area contributed by atoms with Gasteiger partial charge in [0.2, 0.25) is 5.91 Å². The van der Waals surface area contributed by atoms with Gasteiger partial charge in [-0.3, -0.25) is 4.79 Å².